The molecular formula is C6H9Cl2NaO8Zr. The number of carbonyl (C=O) groups is 3. The Bertz CT molecular complexity index is 266. The third-order valence-corrected chi connectivity index (χ3v) is 1.29. The second-order valence-corrected chi connectivity index (χ2v) is 3.00. The Balaban J connectivity index is -0.0000000992. The van der Waals surface area contributed by atoms with Gasteiger partial charge in [0.1, 0.15) is 0 Å². The van der Waals surface area contributed by atoms with E-state index in [0.717, 1.165) is 0 Å². The second kappa shape index (κ2) is 14.2. The molecule has 0 radical (unpaired) electrons. The van der Waals surface area contributed by atoms with E-state index in [-0.39, 0.29) is 57.2 Å². The molecule has 0 unspecified atom stereocenters. The molecule has 0 heterocycles. The van der Waals surface area contributed by atoms with Crippen LogP contribution in [0.5, 0.6) is 0 Å². The van der Waals surface area contributed by atoms with Crippen LogP contribution in [0.25, 0.3) is 0 Å². The predicted molar refractivity (Wildman–Crippen MR) is 51.0 cm³/mol. The van der Waals surface area contributed by atoms with Crippen LogP contribution in [0.1, 0.15) is 14.3 Å². The number of carboxylic acid groups (broad SMARTS) is 3. The zero-order chi connectivity index (χ0) is 13.4. The standard InChI is InChI=1S/C6H8O7.Cl2O.Na.Zr.H/c7-3(8)1-6(13,5(11)12)2-4(9)10;1-3-2;;;/h13H,1-2H2,(H,7,8)(H,9,10)(H,11,12);;;;/q;;+1;;-1. The van der Waals surface area contributed by atoms with Crippen LogP contribution in [0.2, 0.25) is 0 Å². The molecule has 0 atom stereocenters. The van der Waals surface area contributed by atoms with E-state index < -0.39 is 36.4 Å². The van der Waals surface area contributed by atoms with Gasteiger partial charge in [-0.2, -0.15) is 3.84 Å². The average molecular weight is 394 g/mol. The molecule has 0 aliphatic carbocycles. The van der Waals surface area contributed by atoms with Crippen molar-refractivity contribution < 1.29 is 95.8 Å². The van der Waals surface area contributed by atoms with Crippen LogP contribution in [-0.4, -0.2) is 43.9 Å². The van der Waals surface area contributed by atoms with Crippen molar-refractivity contribution >= 4 is 41.6 Å². The van der Waals surface area contributed by atoms with E-state index in [1.165, 1.54) is 0 Å². The summed E-state index contributed by atoms with van der Waals surface area (Å²) >= 11 is 8.53. The molecule has 0 rings (SSSR count). The molecule has 0 bridgehead atoms. The maximum absolute atomic E-state index is 10.3. The van der Waals surface area contributed by atoms with Gasteiger partial charge in [-0.05, 0) is 0 Å². The first-order chi connectivity index (χ1) is 7.19. The van der Waals surface area contributed by atoms with Crippen molar-refractivity contribution in [3.05, 3.63) is 0 Å². The van der Waals surface area contributed by atoms with Gasteiger partial charge in [-0.25, -0.2) is 4.79 Å². The Labute approximate surface area is 154 Å². The maximum Gasteiger partial charge on any atom is 1.00 e. The molecule has 0 aliphatic heterocycles. The Morgan fingerprint density at radius 3 is 1.39 bits per heavy atom. The summed E-state index contributed by atoms with van der Waals surface area (Å²) in [5.41, 5.74) is -2.74. The van der Waals surface area contributed by atoms with Crippen LogP contribution in [0.4, 0.5) is 0 Å². The minimum atomic E-state index is -2.74. The Kier molecular flexibility index (Phi) is 21.5. The average Bonchev–Trinajstić information content (AvgIpc) is 2.01. The van der Waals surface area contributed by atoms with Gasteiger partial charge >= 0.3 is 47.5 Å². The molecule has 4 N–H and O–H groups in total. The number of halogens is 2. The molecular weight excluding hydrogens is 385 g/mol. The van der Waals surface area contributed by atoms with Crippen LogP contribution in [0, 0.1) is 0 Å². The Morgan fingerprint density at radius 1 is 1.06 bits per heavy atom. The van der Waals surface area contributed by atoms with Crippen molar-refractivity contribution in [1.29, 1.82) is 0 Å². The SMILES string of the molecule is ClOCl.O=C(O)CC(O)(CC(=O)O)C(=O)O.[H-].[Na+].[Zr]. The van der Waals surface area contributed by atoms with Gasteiger partial charge in [0.05, 0.1) is 36.6 Å². The second-order valence-electron chi connectivity index (χ2n) is 2.54. The first-order valence-corrected chi connectivity index (χ1v) is 4.10. The number of hydrogen-bond donors (Lipinski definition) is 4. The summed E-state index contributed by atoms with van der Waals surface area (Å²) < 4.78 is 3.19. The Hall–Kier alpha value is 0.793. The minimum absolute atomic E-state index is 0. The van der Waals surface area contributed by atoms with E-state index in [9.17, 15) is 14.4 Å². The van der Waals surface area contributed by atoms with Crippen LogP contribution in [-0.2, 0) is 44.4 Å². The summed E-state index contributed by atoms with van der Waals surface area (Å²) in [4.78, 5) is 30.5. The zero-order valence-electron chi connectivity index (χ0n) is 10.1. The molecule has 18 heavy (non-hydrogen) atoms. The number of aliphatic carboxylic acids is 3. The maximum atomic E-state index is 10.3. The van der Waals surface area contributed by atoms with E-state index in [2.05, 4.69) is 27.6 Å². The van der Waals surface area contributed by atoms with Crippen molar-refractivity contribution in [2.24, 2.45) is 0 Å². The Morgan fingerprint density at radius 2 is 1.28 bits per heavy atom. The number of carboxylic acids is 3. The molecule has 0 fully saturated rings. The summed E-state index contributed by atoms with van der Waals surface area (Å²) in [6, 6.07) is 0. The first kappa shape index (κ1) is 27.2. The molecule has 8 nitrogen and oxygen atoms in total. The smallest absolute Gasteiger partial charge is 1.00 e. The summed E-state index contributed by atoms with van der Waals surface area (Å²) in [5.74, 6) is -5.02. The van der Waals surface area contributed by atoms with Crippen molar-refractivity contribution in [2.45, 2.75) is 18.4 Å². The van der Waals surface area contributed by atoms with E-state index in [4.69, 9.17) is 20.4 Å². The fourth-order valence-electron chi connectivity index (χ4n) is 0.714. The van der Waals surface area contributed by atoms with Gasteiger partial charge in [-0.1, -0.05) is 0 Å². The topological polar surface area (TPSA) is 141 Å². The summed E-state index contributed by atoms with van der Waals surface area (Å²) in [6.07, 6.45) is -2.29. The van der Waals surface area contributed by atoms with Crippen LogP contribution >= 0.6 is 23.7 Å². The zero-order valence-corrected chi connectivity index (χ0v) is 15.1. The van der Waals surface area contributed by atoms with Crippen molar-refractivity contribution in [3.8, 4) is 0 Å². The van der Waals surface area contributed by atoms with Gasteiger partial charge in [0.15, 0.2) is 5.60 Å². The van der Waals surface area contributed by atoms with Crippen molar-refractivity contribution in [3.63, 3.8) is 0 Å². The van der Waals surface area contributed by atoms with Gasteiger partial charge < -0.3 is 21.9 Å². The molecule has 12 heteroatoms. The third-order valence-electron chi connectivity index (χ3n) is 1.29. The van der Waals surface area contributed by atoms with Gasteiger partial charge in [-0.3, -0.25) is 9.59 Å². The summed E-state index contributed by atoms with van der Waals surface area (Å²) in [6.45, 7) is 0. The number of rotatable bonds is 5. The van der Waals surface area contributed by atoms with E-state index in [0.29, 0.717) is 0 Å². The first-order valence-electron chi connectivity index (χ1n) is 3.48. The third kappa shape index (κ3) is 14.9. The molecule has 0 saturated carbocycles. The number of hydrogen-bond acceptors (Lipinski definition) is 5. The van der Waals surface area contributed by atoms with Gasteiger partial charge in [0.25, 0.3) is 0 Å². The van der Waals surface area contributed by atoms with Gasteiger partial charge in [-0.15, -0.1) is 0 Å². The number of aliphatic hydroxyl groups is 1. The molecule has 0 aromatic carbocycles. The van der Waals surface area contributed by atoms with Crippen LogP contribution in [0.3, 0.4) is 0 Å². The minimum Gasteiger partial charge on any atom is -1.00 e. The van der Waals surface area contributed by atoms with Crippen LogP contribution < -0.4 is 29.6 Å². The molecule has 0 aliphatic rings. The molecule has 0 spiro atoms. The quantitative estimate of drug-likeness (QED) is 0.366. The van der Waals surface area contributed by atoms with E-state index in [1.807, 2.05) is 0 Å². The molecule has 100 valence electrons. The fraction of sp³-hybridized carbons (Fsp3) is 0.500. The van der Waals surface area contributed by atoms with Gasteiger partial charge in [0, 0.05) is 26.2 Å². The van der Waals surface area contributed by atoms with Gasteiger partial charge in [0.2, 0.25) is 0 Å². The largest absolute Gasteiger partial charge is 1.00 e. The molecule has 0 amide bonds. The molecule has 0 saturated heterocycles. The molecule has 0 aromatic heterocycles. The molecule has 0 aromatic rings. The normalized spacial score (nSPS) is 8.83. The summed E-state index contributed by atoms with van der Waals surface area (Å²) in [7, 11) is 0. The van der Waals surface area contributed by atoms with Crippen molar-refractivity contribution in [2.75, 3.05) is 0 Å². The fourth-order valence-corrected chi connectivity index (χ4v) is 0.714. The predicted octanol–water partition coefficient (Wildman–Crippen LogP) is -2.82. The van der Waals surface area contributed by atoms with E-state index >= 15 is 0 Å². The van der Waals surface area contributed by atoms with Crippen LogP contribution in [0.15, 0.2) is 0 Å². The van der Waals surface area contributed by atoms with E-state index in [1.54, 1.807) is 0 Å². The summed E-state index contributed by atoms with van der Waals surface area (Å²) in [5, 5.41) is 33.8. The monoisotopic (exact) mass is 392 g/mol. The van der Waals surface area contributed by atoms with Crippen molar-refractivity contribution in [1.82, 2.24) is 0 Å².